The molecular formula is C23H32IN3. The Morgan fingerprint density at radius 3 is 2.33 bits per heavy atom. The fourth-order valence-electron chi connectivity index (χ4n) is 4.98. The van der Waals surface area contributed by atoms with Crippen molar-refractivity contribution in [3.05, 3.63) is 59.8 Å². The monoisotopic (exact) mass is 477 g/mol. The highest BCUT2D eigenvalue weighted by Crippen LogP contribution is 2.30. The lowest BCUT2D eigenvalue weighted by Crippen LogP contribution is -3.00. The summed E-state index contributed by atoms with van der Waals surface area (Å²) in [6, 6.07) is 16.6. The molecule has 146 valence electrons. The van der Waals surface area contributed by atoms with Gasteiger partial charge in [-0.25, -0.2) is 4.98 Å². The maximum Gasteiger partial charge on any atom is 0.128 e. The average molecular weight is 477 g/mol. The van der Waals surface area contributed by atoms with Crippen molar-refractivity contribution in [2.75, 3.05) is 32.1 Å². The van der Waals surface area contributed by atoms with Gasteiger partial charge < -0.3 is 33.4 Å². The molecular weight excluding hydrogens is 445 g/mol. The van der Waals surface area contributed by atoms with Crippen LogP contribution in [0.1, 0.15) is 36.8 Å². The average Bonchev–Trinajstić information content (AvgIpc) is 3.07. The van der Waals surface area contributed by atoms with Gasteiger partial charge in [-0.2, -0.15) is 0 Å². The molecule has 1 unspecified atom stereocenters. The van der Waals surface area contributed by atoms with E-state index in [9.17, 15) is 0 Å². The number of likely N-dealkylation sites (tertiary alicyclic amines) is 1. The molecule has 1 aromatic heterocycles. The number of benzene rings is 1. The van der Waals surface area contributed by atoms with Crippen molar-refractivity contribution in [2.45, 2.75) is 50.6 Å². The highest BCUT2D eigenvalue weighted by molar-refractivity contribution is 5.44. The Labute approximate surface area is 181 Å². The van der Waals surface area contributed by atoms with Gasteiger partial charge in [-0.1, -0.05) is 30.3 Å². The van der Waals surface area contributed by atoms with Crippen molar-refractivity contribution in [3.63, 3.8) is 0 Å². The standard InChI is InChI=1S/C23H32N3.HI/c1-26(2)16-8-6-11-22(26)13-15-25(23-12-5-7-14-24-23)21-17-19-9-3-4-10-20(19)18-21;/h3-5,7,9-10,12,14,21-22H,6,8,11,13,15-18H2,1-2H3;1H/q+1;/p-1. The largest absolute Gasteiger partial charge is 1.00 e. The van der Waals surface area contributed by atoms with E-state index >= 15 is 0 Å². The number of nitrogens with zero attached hydrogens (tertiary/aromatic N) is 3. The molecule has 27 heavy (non-hydrogen) atoms. The third kappa shape index (κ3) is 4.65. The van der Waals surface area contributed by atoms with Gasteiger partial charge in [0.25, 0.3) is 0 Å². The smallest absolute Gasteiger partial charge is 0.128 e. The Kier molecular flexibility index (Phi) is 6.79. The molecule has 0 amide bonds. The molecule has 0 N–H and O–H groups in total. The summed E-state index contributed by atoms with van der Waals surface area (Å²) in [5.74, 6) is 1.14. The van der Waals surface area contributed by atoms with Crippen molar-refractivity contribution in [1.82, 2.24) is 4.98 Å². The van der Waals surface area contributed by atoms with Crippen LogP contribution in [-0.2, 0) is 12.8 Å². The third-order valence-corrected chi connectivity index (χ3v) is 6.63. The molecule has 1 aliphatic heterocycles. The Morgan fingerprint density at radius 1 is 1.00 bits per heavy atom. The fourth-order valence-corrected chi connectivity index (χ4v) is 4.98. The van der Waals surface area contributed by atoms with Crippen LogP contribution in [0.25, 0.3) is 0 Å². The van der Waals surface area contributed by atoms with Gasteiger partial charge >= 0.3 is 0 Å². The van der Waals surface area contributed by atoms with E-state index in [0.717, 1.165) is 31.2 Å². The van der Waals surface area contributed by atoms with E-state index in [1.807, 2.05) is 12.3 Å². The molecule has 1 aromatic carbocycles. The first-order valence-corrected chi connectivity index (χ1v) is 10.2. The van der Waals surface area contributed by atoms with E-state index in [1.165, 1.54) is 47.8 Å². The highest BCUT2D eigenvalue weighted by Gasteiger charge is 2.33. The lowest BCUT2D eigenvalue weighted by Gasteiger charge is -2.43. The molecule has 1 atom stereocenters. The number of hydrogen-bond donors (Lipinski definition) is 0. The molecule has 0 bridgehead atoms. The van der Waals surface area contributed by atoms with Crippen LogP contribution in [0.5, 0.6) is 0 Å². The molecule has 2 heterocycles. The SMILES string of the molecule is C[N+]1(C)CCCCC1CCN(c1ccccn1)C1Cc2ccccc2C1.[I-]. The molecule has 2 aromatic rings. The normalized spacial score (nSPS) is 21.3. The zero-order valence-electron chi connectivity index (χ0n) is 16.6. The van der Waals surface area contributed by atoms with Crippen LogP contribution in [0.2, 0.25) is 0 Å². The number of anilines is 1. The van der Waals surface area contributed by atoms with Crippen LogP contribution in [0, 0.1) is 0 Å². The Balaban J connectivity index is 0.00000210. The topological polar surface area (TPSA) is 16.1 Å². The lowest BCUT2D eigenvalue weighted by atomic mass is 9.97. The summed E-state index contributed by atoms with van der Waals surface area (Å²) >= 11 is 0. The second-order valence-corrected chi connectivity index (χ2v) is 8.65. The fraction of sp³-hybridized carbons (Fsp3) is 0.522. The van der Waals surface area contributed by atoms with Crippen molar-refractivity contribution in [1.29, 1.82) is 0 Å². The first-order valence-electron chi connectivity index (χ1n) is 10.2. The molecule has 3 nitrogen and oxygen atoms in total. The maximum absolute atomic E-state index is 4.71. The van der Waals surface area contributed by atoms with E-state index in [2.05, 4.69) is 55.4 Å². The van der Waals surface area contributed by atoms with Gasteiger partial charge in [0, 0.05) is 25.2 Å². The molecule has 0 saturated carbocycles. The molecule has 1 fully saturated rings. The predicted molar refractivity (Wildman–Crippen MR) is 108 cm³/mol. The first-order chi connectivity index (χ1) is 12.6. The van der Waals surface area contributed by atoms with Crippen LogP contribution in [0.3, 0.4) is 0 Å². The number of quaternary nitrogens is 1. The molecule has 4 rings (SSSR count). The quantitative estimate of drug-likeness (QED) is 0.474. The van der Waals surface area contributed by atoms with Crippen molar-refractivity contribution in [2.24, 2.45) is 0 Å². The van der Waals surface area contributed by atoms with Gasteiger partial charge in [0.15, 0.2) is 0 Å². The van der Waals surface area contributed by atoms with Crippen LogP contribution in [0.15, 0.2) is 48.7 Å². The van der Waals surface area contributed by atoms with Crippen LogP contribution < -0.4 is 28.9 Å². The summed E-state index contributed by atoms with van der Waals surface area (Å²) < 4.78 is 1.18. The van der Waals surface area contributed by atoms with Gasteiger partial charge in [-0.3, -0.25) is 0 Å². The molecule has 1 saturated heterocycles. The van der Waals surface area contributed by atoms with Gasteiger partial charge in [0.05, 0.1) is 26.7 Å². The third-order valence-electron chi connectivity index (χ3n) is 6.63. The minimum atomic E-state index is 0. The second-order valence-electron chi connectivity index (χ2n) is 8.65. The van der Waals surface area contributed by atoms with Crippen LogP contribution in [-0.4, -0.2) is 48.7 Å². The zero-order chi connectivity index (χ0) is 18.0. The van der Waals surface area contributed by atoms with E-state index in [-0.39, 0.29) is 24.0 Å². The number of piperidine rings is 1. The molecule has 1 aliphatic carbocycles. The van der Waals surface area contributed by atoms with E-state index < -0.39 is 0 Å². The van der Waals surface area contributed by atoms with E-state index in [0.29, 0.717) is 6.04 Å². The van der Waals surface area contributed by atoms with Gasteiger partial charge in [0.1, 0.15) is 5.82 Å². The van der Waals surface area contributed by atoms with Crippen LogP contribution >= 0.6 is 0 Å². The number of aromatic nitrogens is 1. The summed E-state index contributed by atoms with van der Waals surface area (Å²) in [6.45, 7) is 2.44. The Bertz CT molecular complexity index is 706. The van der Waals surface area contributed by atoms with Gasteiger partial charge in [0.2, 0.25) is 0 Å². The Morgan fingerprint density at radius 2 is 1.70 bits per heavy atom. The lowest BCUT2D eigenvalue weighted by molar-refractivity contribution is -0.920. The predicted octanol–water partition coefficient (Wildman–Crippen LogP) is 1.08. The molecule has 0 radical (unpaired) electrons. The van der Waals surface area contributed by atoms with Crippen LogP contribution in [0.4, 0.5) is 5.82 Å². The minimum Gasteiger partial charge on any atom is -1.00 e. The number of halogens is 1. The summed E-state index contributed by atoms with van der Waals surface area (Å²) in [4.78, 5) is 7.30. The van der Waals surface area contributed by atoms with E-state index in [4.69, 9.17) is 4.98 Å². The number of hydrogen-bond acceptors (Lipinski definition) is 2. The van der Waals surface area contributed by atoms with Crippen molar-refractivity contribution in [3.8, 4) is 0 Å². The van der Waals surface area contributed by atoms with E-state index in [1.54, 1.807) is 0 Å². The van der Waals surface area contributed by atoms with Crippen molar-refractivity contribution >= 4 is 5.82 Å². The Hall–Kier alpha value is -1.14. The number of pyridine rings is 1. The molecule has 4 heteroatoms. The van der Waals surface area contributed by atoms with Crippen molar-refractivity contribution < 1.29 is 28.5 Å². The summed E-state index contributed by atoms with van der Waals surface area (Å²) in [5, 5.41) is 0. The minimum absolute atomic E-state index is 0. The molecule has 2 aliphatic rings. The second kappa shape index (κ2) is 8.91. The first kappa shape index (κ1) is 20.6. The number of rotatable bonds is 5. The summed E-state index contributed by atoms with van der Waals surface area (Å²) in [5.41, 5.74) is 3.04. The highest BCUT2D eigenvalue weighted by atomic mass is 127. The zero-order valence-corrected chi connectivity index (χ0v) is 18.8. The maximum atomic E-state index is 4.71. The summed E-state index contributed by atoms with van der Waals surface area (Å²) in [7, 11) is 4.83. The molecule has 0 spiro atoms. The number of fused-ring (bicyclic) bond motifs is 1. The van der Waals surface area contributed by atoms with Gasteiger partial charge in [-0.15, -0.1) is 0 Å². The summed E-state index contributed by atoms with van der Waals surface area (Å²) in [6.07, 6.45) is 9.64. The van der Waals surface area contributed by atoms with Gasteiger partial charge in [-0.05, 0) is 55.4 Å².